The van der Waals surface area contributed by atoms with Crippen molar-refractivity contribution < 1.29 is 4.79 Å². The zero-order chi connectivity index (χ0) is 25.7. The molecule has 1 fully saturated rings. The maximum absolute atomic E-state index is 13.6. The van der Waals surface area contributed by atoms with E-state index in [-0.39, 0.29) is 5.91 Å². The predicted molar refractivity (Wildman–Crippen MR) is 152 cm³/mol. The lowest BCUT2D eigenvalue weighted by Gasteiger charge is -2.24. The van der Waals surface area contributed by atoms with Crippen LogP contribution in [0.15, 0.2) is 42.5 Å². The molecule has 4 rings (SSSR count). The average Bonchev–Trinajstić information content (AvgIpc) is 3.52. The third-order valence-corrected chi connectivity index (χ3v) is 7.28. The van der Waals surface area contributed by atoms with E-state index >= 15 is 0 Å². The van der Waals surface area contributed by atoms with Gasteiger partial charge in [0.25, 0.3) is 5.91 Å². The Morgan fingerprint density at radius 2 is 1.58 bits per heavy atom. The molecule has 36 heavy (non-hydrogen) atoms. The van der Waals surface area contributed by atoms with Crippen LogP contribution in [0.1, 0.15) is 77.1 Å². The smallest absolute Gasteiger partial charge is 0.253 e. The molecule has 0 radical (unpaired) electrons. The van der Waals surface area contributed by atoms with Crippen LogP contribution in [-0.4, -0.2) is 46.5 Å². The van der Waals surface area contributed by atoms with Crippen molar-refractivity contribution in [1.82, 2.24) is 14.5 Å². The number of imidazole rings is 1. The summed E-state index contributed by atoms with van der Waals surface area (Å²) in [5.74, 6) is 2.28. The minimum absolute atomic E-state index is 0.138. The van der Waals surface area contributed by atoms with Crippen molar-refractivity contribution in [2.45, 2.75) is 73.3 Å². The summed E-state index contributed by atoms with van der Waals surface area (Å²) in [6.45, 7) is 15.9. The number of carbonyl (C=O) groups is 1. The molecule has 1 aliphatic heterocycles. The standard InChI is InChI=1S/C31H44N4O/c1-6-17-35-29-22-26(31(36)34(20-15-23(2)3)21-16-24(4)5)11-14-28(29)32-30(35)25-9-12-27(13-10-25)33-18-7-8-19-33/h9-14,22-24H,6-8,15-21H2,1-5H3. The Kier molecular flexibility index (Phi) is 8.71. The molecule has 0 atom stereocenters. The summed E-state index contributed by atoms with van der Waals surface area (Å²) in [6, 6.07) is 14.9. The highest BCUT2D eigenvalue weighted by atomic mass is 16.2. The second-order valence-corrected chi connectivity index (χ2v) is 11.2. The SMILES string of the molecule is CCCn1c(-c2ccc(N3CCCC3)cc2)nc2ccc(C(=O)N(CCC(C)C)CCC(C)C)cc21. The van der Waals surface area contributed by atoms with Gasteiger partial charge in [-0.05, 0) is 86.4 Å². The molecule has 3 aromatic rings. The number of aromatic nitrogens is 2. The molecule has 0 spiro atoms. The summed E-state index contributed by atoms with van der Waals surface area (Å²) in [5, 5.41) is 0. The van der Waals surface area contributed by atoms with Crippen molar-refractivity contribution in [3.8, 4) is 11.4 Å². The van der Waals surface area contributed by atoms with Gasteiger partial charge in [-0.3, -0.25) is 4.79 Å². The van der Waals surface area contributed by atoms with E-state index < -0.39 is 0 Å². The van der Waals surface area contributed by atoms with Crippen molar-refractivity contribution in [1.29, 1.82) is 0 Å². The van der Waals surface area contributed by atoms with Crippen LogP contribution in [0.2, 0.25) is 0 Å². The topological polar surface area (TPSA) is 41.4 Å². The van der Waals surface area contributed by atoms with Gasteiger partial charge in [0, 0.05) is 49.5 Å². The van der Waals surface area contributed by atoms with Gasteiger partial charge in [0.1, 0.15) is 5.82 Å². The van der Waals surface area contributed by atoms with Gasteiger partial charge in [-0.25, -0.2) is 4.98 Å². The zero-order valence-corrected chi connectivity index (χ0v) is 23.0. The Morgan fingerprint density at radius 3 is 2.17 bits per heavy atom. The van der Waals surface area contributed by atoms with Gasteiger partial charge < -0.3 is 14.4 Å². The van der Waals surface area contributed by atoms with Crippen LogP contribution in [0, 0.1) is 11.8 Å². The van der Waals surface area contributed by atoms with E-state index in [0.717, 1.165) is 80.0 Å². The van der Waals surface area contributed by atoms with E-state index in [4.69, 9.17) is 4.98 Å². The first-order chi connectivity index (χ1) is 17.4. The van der Waals surface area contributed by atoms with Gasteiger partial charge in [0.05, 0.1) is 11.0 Å². The van der Waals surface area contributed by atoms with E-state index in [9.17, 15) is 4.79 Å². The first kappa shape index (κ1) is 26.2. The lowest BCUT2D eigenvalue weighted by molar-refractivity contribution is 0.0741. The number of hydrogen-bond donors (Lipinski definition) is 0. The first-order valence-corrected chi connectivity index (χ1v) is 14.0. The van der Waals surface area contributed by atoms with E-state index in [1.807, 2.05) is 12.1 Å². The Bertz CT molecular complexity index is 1130. The van der Waals surface area contributed by atoms with Crippen LogP contribution in [0.3, 0.4) is 0 Å². The number of carbonyl (C=O) groups excluding carboxylic acids is 1. The second-order valence-electron chi connectivity index (χ2n) is 11.2. The highest BCUT2D eigenvalue weighted by molar-refractivity contribution is 5.98. The largest absolute Gasteiger partial charge is 0.372 e. The number of benzene rings is 2. The van der Waals surface area contributed by atoms with Crippen molar-refractivity contribution >= 4 is 22.6 Å². The van der Waals surface area contributed by atoms with Gasteiger partial charge in [0.2, 0.25) is 0 Å². The summed E-state index contributed by atoms with van der Waals surface area (Å²) < 4.78 is 2.30. The quantitative estimate of drug-likeness (QED) is 0.285. The third-order valence-electron chi connectivity index (χ3n) is 7.28. The summed E-state index contributed by atoms with van der Waals surface area (Å²) in [6.07, 6.45) is 5.62. The van der Waals surface area contributed by atoms with E-state index in [2.05, 4.69) is 79.3 Å². The molecule has 5 nitrogen and oxygen atoms in total. The molecule has 0 aliphatic carbocycles. The molecule has 0 unspecified atom stereocenters. The summed E-state index contributed by atoms with van der Waals surface area (Å²) in [7, 11) is 0. The van der Waals surface area contributed by atoms with E-state index in [1.165, 1.54) is 18.5 Å². The minimum Gasteiger partial charge on any atom is -0.372 e. The fourth-order valence-corrected chi connectivity index (χ4v) is 5.05. The Morgan fingerprint density at radius 1 is 0.944 bits per heavy atom. The normalized spacial score (nSPS) is 13.9. The predicted octanol–water partition coefficient (Wildman–Crippen LogP) is 7.25. The molecule has 2 aromatic carbocycles. The number of aryl methyl sites for hydroxylation is 1. The van der Waals surface area contributed by atoms with Gasteiger partial charge in [-0.2, -0.15) is 0 Å². The fourth-order valence-electron chi connectivity index (χ4n) is 5.05. The molecule has 0 bridgehead atoms. The molecule has 0 saturated carbocycles. The molecular weight excluding hydrogens is 444 g/mol. The maximum Gasteiger partial charge on any atom is 0.253 e. The van der Waals surface area contributed by atoms with Gasteiger partial charge in [-0.1, -0.05) is 34.6 Å². The Balaban J connectivity index is 1.64. The number of fused-ring (bicyclic) bond motifs is 1. The lowest BCUT2D eigenvalue weighted by atomic mass is 10.1. The number of nitrogens with zero attached hydrogens (tertiary/aromatic N) is 4. The van der Waals surface area contributed by atoms with Crippen LogP contribution in [0.4, 0.5) is 5.69 Å². The molecule has 1 saturated heterocycles. The van der Waals surface area contributed by atoms with Gasteiger partial charge in [0.15, 0.2) is 0 Å². The van der Waals surface area contributed by atoms with Crippen LogP contribution in [0.25, 0.3) is 22.4 Å². The second kappa shape index (κ2) is 11.9. The molecule has 194 valence electrons. The molecule has 2 heterocycles. The summed E-state index contributed by atoms with van der Waals surface area (Å²) >= 11 is 0. The van der Waals surface area contributed by atoms with Crippen LogP contribution in [-0.2, 0) is 6.54 Å². The van der Waals surface area contributed by atoms with Gasteiger partial charge >= 0.3 is 0 Å². The molecule has 5 heteroatoms. The van der Waals surface area contributed by atoms with Crippen LogP contribution < -0.4 is 4.90 Å². The van der Waals surface area contributed by atoms with Crippen molar-refractivity contribution in [2.75, 3.05) is 31.1 Å². The molecule has 1 aromatic heterocycles. The fraction of sp³-hybridized carbons (Fsp3) is 0.548. The van der Waals surface area contributed by atoms with Crippen LogP contribution >= 0.6 is 0 Å². The first-order valence-electron chi connectivity index (χ1n) is 14.0. The number of anilines is 1. The zero-order valence-electron chi connectivity index (χ0n) is 23.0. The number of rotatable bonds is 11. The highest BCUT2D eigenvalue weighted by Gasteiger charge is 2.20. The number of amides is 1. The van der Waals surface area contributed by atoms with E-state index in [0.29, 0.717) is 11.8 Å². The molecule has 0 N–H and O–H groups in total. The lowest BCUT2D eigenvalue weighted by Crippen LogP contribution is -2.34. The molecule has 1 amide bonds. The average molecular weight is 489 g/mol. The third kappa shape index (κ3) is 6.11. The Labute approximate surface area is 217 Å². The maximum atomic E-state index is 13.6. The van der Waals surface area contributed by atoms with Crippen molar-refractivity contribution in [3.63, 3.8) is 0 Å². The van der Waals surface area contributed by atoms with E-state index in [1.54, 1.807) is 0 Å². The van der Waals surface area contributed by atoms with Crippen molar-refractivity contribution in [2.24, 2.45) is 11.8 Å². The summed E-state index contributed by atoms with van der Waals surface area (Å²) in [4.78, 5) is 23.1. The van der Waals surface area contributed by atoms with Gasteiger partial charge in [-0.15, -0.1) is 0 Å². The minimum atomic E-state index is 0.138. The van der Waals surface area contributed by atoms with Crippen molar-refractivity contribution in [3.05, 3.63) is 48.0 Å². The summed E-state index contributed by atoms with van der Waals surface area (Å²) in [5.41, 5.74) is 5.20. The molecule has 1 aliphatic rings. The highest BCUT2D eigenvalue weighted by Crippen LogP contribution is 2.29. The number of hydrogen-bond acceptors (Lipinski definition) is 3. The molecular formula is C31H44N4O. The van der Waals surface area contributed by atoms with Crippen LogP contribution in [0.5, 0.6) is 0 Å². The Hall–Kier alpha value is -2.82. The monoisotopic (exact) mass is 488 g/mol.